The molecule has 0 radical (unpaired) electrons. The summed E-state index contributed by atoms with van der Waals surface area (Å²) in [6, 6.07) is 0. The number of aliphatic hydroxyl groups is 1. The zero-order valence-electron chi connectivity index (χ0n) is 9.90. The molecule has 2 aliphatic rings. The minimum absolute atomic E-state index is 0.0801. The third kappa shape index (κ3) is 2.14. The van der Waals surface area contributed by atoms with Crippen molar-refractivity contribution in [2.45, 2.75) is 37.6 Å². The average molecular weight is 290 g/mol. The van der Waals surface area contributed by atoms with Gasteiger partial charge in [0.2, 0.25) is 5.91 Å². The lowest BCUT2D eigenvalue weighted by Gasteiger charge is -2.23. The highest BCUT2D eigenvalue weighted by atomic mass is 79.9. The summed E-state index contributed by atoms with van der Waals surface area (Å²) in [5.74, 6) is 1.37. The third-order valence-corrected chi connectivity index (χ3v) is 5.40. The maximum absolute atomic E-state index is 12.1. The van der Waals surface area contributed by atoms with E-state index in [1.54, 1.807) is 0 Å². The molecule has 2 rings (SSSR count). The molecular weight excluding hydrogens is 270 g/mol. The summed E-state index contributed by atoms with van der Waals surface area (Å²) in [5.41, 5.74) is 0. The lowest BCUT2D eigenvalue weighted by molar-refractivity contribution is -0.130. The standard InChI is InChI=1S/C12H20BrNO2/c1-7(2)11(13)12(16)14-5-8-3-4-10(15)9(8)6-14/h7-11,15H,3-6H2,1-2H3. The van der Waals surface area contributed by atoms with Gasteiger partial charge in [-0.2, -0.15) is 0 Å². The SMILES string of the molecule is CC(C)C(Br)C(=O)N1CC2CCC(O)C2C1. The number of alkyl halides is 1. The number of likely N-dealkylation sites (tertiary alicyclic amines) is 1. The molecule has 1 saturated carbocycles. The molecule has 4 unspecified atom stereocenters. The molecule has 0 aromatic rings. The van der Waals surface area contributed by atoms with E-state index in [1.165, 1.54) is 0 Å². The Kier molecular flexibility index (Phi) is 3.59. The van der Waals surface area contributed by atoms with Gasteiger partial charge < -0.3 is 10.0 Å². The lowest BCUT2D eigenvalue weighted by atomic mass is 10.00. The molecule has 4 atom stereocenters. The second-order valence-corrected chi connectivity index (χ2v) is 6.44. The second kappa shape index (κ2) is 4.65. The minimum Gasteiger partial charge on any atom is -0.393 e. The van der Waals surface area contributed by atoms with Gasteiger partial charge in [-0.1, -0.05) is 29.8 Å². The quantitative estimate of drug-likeness (QED) is 0.785. The number of amides is 1. The highest BCUT2D eigenvalue weighted by molar-refractivity contribution is 9.10. The molecule has 1 saturated heterocycles. The predicted octanol–water partition coefficient (Wildman–Crippen LogP) is 1.64. The Morgan fingerprint density at radius 2 is 2.06 bits per heavy atom. The number of aliphatic hydroxyl groups excluding tert-OH is 1. The van der Waals surface area contributed by atoms with Crippen LogP contribution in [-0.4, -0.2) is 39.9 Å². The topological polar surface area (TPSA) is 40.5 Å². The maximum Gasteiger partial charge on any atom is 0.236 e. The Bertz CT molecular complexity index is 282. The van der Waals surface area contributed by atoms with Crippen molar-refractivity contribution in [3.63, 3.8) is 0 Å². The van der Waals surface area contributed by atoms with Crippen molar-refractivity contribution >= 4 is 21.8 Å². The van der Waals surface area contributed by atoms with Crippen LogP contribution in [0.25, 0.3) is 0 Å². The molecule has 1 heterocycles. The Labute approximate surface area is 105 Å². The minimum atomic E-state index is -0.185. The molecule has 1 aliphatic carbocycles. The van der Waals surface area contributed by atoms with Crippen LogP contribution in [0.15, 0.2) is 0 Å². The van der Waals surface area contributed by atoms with Gasteiger partial charge in [-0.25, -0.2) is 0 Å². The molecule has 1 aliphatic heterocycles. The zero-order chi connectivity index (χ0) is 11.9. The Balaban J connectivity index is 1.96. The lowest BCUT2D eigenvalue weighted by Crippen LogP contribution is -2.38. The van der Waals surface area contributed by atoms with Gasteiger partial charge in [0.25, 0.3) is 0 Å². The number of nitrogens with zero attached hydrogens (tertiary/aromatic N) is 1. The largest absolute Gasteiger partial charge is 0.393 e. The van der Waals surface area contributed by atoms with Gasteiger partial charge in [-0.15, -0.1) is 0 Å². The maximum atomic E-state index is 12.1. The van der Waals surface area contributed by atoms with Gasteiger partial charge in [0.15, 0.2) is 0 Å². The highest BCUT2D eigenvalue weighted by Gasteiger charge is 2.44. The van der Waals surface area contributed by atoms with Crippen molar-refractivity contribution in [1.29, 1.82) is 0 Å². The normalized spacial score (nSPS) is 35.6. The predicted molar refractivity (Wildman–Crippen MR) is 66.4 cm³/mol. The summed E-state index contributed by atoms with van der Waals surface area (Å²) in [4.78, 5) is 14.0. The van der Waals surface area contributed by atoms with Gasteiger partial charge in [0.05, 0.1) is 10.9 Å². The summed E-state index contributed by atoms with van der Waals surface area (Å²) in [5, 5.41) is 9.80. The van der Waals surface area contributed by atoms with E-state index in [9.17, 15) is 9.90 Å². The van der Waals surface area contributed by atoms with Gasteiger partial charge in [-0.05, 0) is 24.7 Å². The van der Waals surface area contributed by atoms with Crippen molar-refractivity contribution in [3.8, 4) is 0 Å². The van der Waals surface area contributed by atoms with Gasteiger partial charge >= 0.3 is 0 Å². The summed E-state index contributed by atoms with van der Waals surface area (Å²) >= 11 is 3.46. The fraction of sp³-hybridized carbons (Fsp3) is 0.917. The number of rotatable bonds is 2. The van der Waals surface area contributed by atoms with Crippen LogP contribution in [0, 0.1) is 17.8 Å². The molecule has 0 aromatic heterocycles. The van der Waals surface area contributed by atoms with E-state index in [0.717, 1.165) is 25.9 Å². The van der Waals surface area contributed by atoms with E-state index in [0.29, 0.717) is 17.8 Å². The molecule has 1 amide bonds. The molecule has 0 aromatic carbocycles. The molecular formula is C12H20BrNO2. The molecule has 92 valence electrons. The van der Waals surface area contributed by atoms with E-state index >= 15 is 0 Å². The molecule has 2 fully saturated rings. The number of carbonyl (C=O) groups is 1. The fourth-order valence-electron chi connectivity index (χ4n) is 2.88. The molecule has 16 heavy (non-hydrogen) atoms. The van der Waals surface area contributed by atoms with Crippen molar-refractivity contribution < 1.29 is 9.90 Å². The number of carbonyl (C=O) groups excluding carboxylic acids is 1. The van der Waals surface area contributed by atoms with Crippen LogP contribution in [0.4, 0.5) is 0 Å². The van der Waals surface area contributed by atoms with E-state index in [1.807, 2.05) is 18.7 Å². The zero-order valence-corrected chi connectivity index (χ0v) is 11.5. The molecule has 0 bridgehead atoms. The fourth-order valence-corrected chi connectivity index (χ4v) is 3.17. The van der Waals surface area contributed by atoms with Crippen molar-refractivity contribution in [2.75, 3.05) is 13.1 Å². The molecule has 3 nitrogen and oxygen atoms in total. The summed E-state index contributed by atoms with van der Waals surface area (Å²) in [7, 11) is 0. The monoisotopic (exact) mass is 289 g/mol. The molecule has 0 spiro atoms. The number of fused-ring (bicyclic) bond motifs is 1. The Hall–Kier alpha value is -0.0900. The first-order valence-electron chi connectivity index (χ1n) is 6.11. The van der Waals surface area contributed by atoms with Crippen LogP contribution in [-0.2, 0) is 4.79 Å². The van der Waals surface area contributed by atoms with Crippen LogP contribution in [0.3, 0.4) is 0 Å². The summed E-state index contributed by atoms with van der Waals surface area (Å²) in [6.07, 6.45) is 1.81. The summed E-state index contributed by atoms with van der Waals surface area (Å²) in [6.45, 7) is 5.68. The number of hydrogen-bond donors (Lipinski definition) is 1. The Morgan fingerprint density at radius 1 is 1.38 bits per heavy atom. The smallest absolute Gasteiger partial charge is 0.236 e. The van der Waals surface area contributed by atoms with E-state index in [4.69, 9.17) is 0 Å². The second-order valence-electron chi connectivity index (χ2n) is 5.46. The van der Waals surface area contributed by atoms with Gasteiger partial charge in [0.1, 0.15) is 0 Å². The third-order valence-electron chi connectivity index (χ3n) is 3.95. The first-order valence-corrected chi connectivity index (χ1v) is 7.03. The van der Waals surface area contributed by atoms with Gasteiger partial charge in [0, 0.05) is 19.0 Å². The summed E-state index contributed by atoms with van der Waals surface area (Å²) < 4.78 is 0. The van der Waals surface area contributed by atoms with E-state index in [2.05, 4.69) is 15.9 Å². The van der Waals surface area contributed by atoms with Crippen LogP contribution in [0.2, 0.25) is 0 Å². The number of halogens is 1. The highest BCUT2D eigenvalue weighted by Crippen LogP contribution is 2.38. The van der Waals surface area contributed by atoms with Crippen LogP contribution in [0.1, 0.15) is 26.7 Å². The van der Waals surface area contributed by atoms with Crippen molar-refractivity contribution in [1.82, 2.24) is 4.90 Å². The van der Waals surface area contributed by atoms with Crippen LogP contribution in [0.5, 0.6) is 0 Å². The van der Waals surface area contributed by atoms with Crippen molar-refractivity contribution in [3.05, 3.63) is 0 Å². The number of hydrogen-bond acceptors (Lipinski definition) is 2. The molecule has 1 N–H and O–H groups in total. The average Bonchev–Trinajstić information content (AvgIpc) is 2.79. The van der Waals surface area contributed by atoms with Crippen molar-refractivity contribution in [2.24, 2.45) is 17.8 Å². The Morgan fingerprint density at radius 3 is 2.62 bits per heavy atom. The first kappa shape index (κ1) is 12.4. The van der Waals surface area contributed by atoms with Crippen LogP contribution >= 0.6 is 15.9 Å². The van der Waals surface area contributed by atoms with Gasteiger partial charge in [-0.3, -0.25) is 4.79 Å². The van der Waals surface area contributed by atoms with E-state index < -0.39 is 0 Å². The first-order chi connectivity index (χ1) is 7.50. The van der Waals surface area contributed by atoms with E-state index in [-0.39, 0.29) is 16.8 Å². The van der Waals surface area contributed by atoms with Crippen LogP contribution < -0.4 is 0 Å². The molecule has 4 heteroatoms.